The summed E-state index contributed by atoms with van der Waals surface area (Å²) < 4.78 is 16.0. The predicted octanol–water partition coefficient (Wildman–Crippen LogP) is 4.99. The lowest BCUT2D eigenvalue weighted by molar-refractivity contribution is 0.0635. The highest BCUT2D eigenvalue weighted by Crippen LogP contribution is 2.35. The largest absolute Gasteiger partial charge is 0.496 e. The molecule has 2 aromatic heterocycles. The Bertz CT molecular complexity index is 986. The molecule has 1 N–H and O–H groups in total. The van der Waals surface area contributed by atoms with Crippen molar-refractivity contribution in [3.63, 3.8) is 0 Å². The molecule has 2 heterocycles. The maximum absolute atomic E-state index is 13.2. The SMILES string of the molecule is COc1ccccc1C(=O)c1sc(NC(=O)OC(C)(C)C)nc1-c1ccco1. The number of para-hydroxylation sites is 1. The van der Waals surface area contributed by atoms with Crippen molar-refractivity contribution in [2.75, 3.05) is 12.4 Å². The summed E-state index contributed by atoms with van der Waals surface area (Å²) in [6, 6.07) is 10.3. The van der Waals surface area contributed by atoms with Crippen LogP contribution in [0.5, 0.6) is 5.75 Å². The van der Waals surface area contributed by atoms with Crippen LogP contribution in [0.2, 0.25) is 0 Å². The molecule has 7 nitrogen and oxygen atoms in total. The molecule has 0 atom stereocenters. The van der Waals surface area contributed by atoms with E-state index in [-0.39, 0.29) is 10.9 Å². The van der Waals surface area contributed by atoms with Crippen LogP contribution in [0.4, 0.5) is 9.93 Å². The Morgan fingerprint density at radius 3 is 2.54 bits per heavy atom. The van der Waals surface area contributed by atoms with E-state index in [4.69, 9.17) is 13.9 Å². The lowest BCUT2D eigenvalue weighted by Crippen LogP contribution is -2.27. The number of rotatable bonds is 5. The molecule has 1 aromatic carbocycles. The van der Waals surface area contributed by atoms with Crippen molar-refractivity contribution < 1.29 is 23.5 Å². The van der Waals surface area contributed by atoms with Crippen molar-refractivity contribution in [1.29, 1.82) is 0 Å². The van der Waals surface area contributed by atoms with Crippen LogP contribution in [-0.2, 0) is 4.74 Å². The van der Waals surface area contributed by atoms with E-state index in [1.54, 1.807) is 57.2 Å². The Labute approximate surface area is 166 Å². The molecule has 0 spiro atoms. The highest BCUT2D eigenvalue weighted by molar-refractivity contribution is 7.18. The summed E-state index contributed by atoms with van der Waals surface area (Å²) in [5, 5.41) is 2.81. The average molecular weight is 400 g/mol. The number of nitrogens with zero attached hydrogens (tertiary/aromatic N) is 1. The molecular formula is C20H20N2O5S. The highest BCUT2D eigenvalue weighted by Gasteiger charge is 2.26. The Morgan fingerprint density at radius 2 is 1.89 bits per heavy atom. The molecule has 0 saturated heterocycles. The fraction of sp³-hybridized carbons (Fsp3) is 0.250. The first-order valence-electron chi connectivity index (χ1n) is 8.51. The van der Waals surface area contributed by atoms with Crippen molar-refractivity contribution in [2.24, 2.45) is 0 Å². The van der Waals surface area contributed by atoms with Crippen LogP contribution in [0.1, 0.15) is 36.0 Å². The molecule has 0 bridgehead atoms. The van der Waals surface area contributed by atoms with Gasteiger partial charge >= 0.3 is 6.09 Å². The molecule has 0 aliphatic carbocycles. The number of carbonyl (C=O) groups excluding carboxylic acids is 2. The molecular weight excluding hydrogens is 380 g/mol. The Morgan fingerprint density at radius 1 is 1.14 bits per heavy atom. The van der Waals surface area contributed by atoms with Gasteiger partial charge in [-0.05, 0) is 45.0 Å². The molecule has 146 valence electrons. The summed E-state index contributed by atoms with van der Waals surface area (Å²) in [5.41, 5.74) is 0.0866. The molecule has 0 unspecified atom stereocenters. The van der Waals surface area contributed by atoms with E-state index in [1.807, 2.05) is 0 Å². The second-order valence-electron chi connectivity index (χ2n) is 6.83. The van der Waals surface area contributed by atoms with Crippen molar-refractivity contribution in [1.82, 2.24) is 4.98 Å². The zero-order valence-electron chi connectivity index (χ0n) is 15.9. The number of amides is 1. The first kappa shape index (κ1) is 19.6. The lowest BCUT2D eigenvalue weighted by atomic mass is 10.1. The molecule has 0 radical (unpaired) electrons. The maximum Gasteiger partial charge on any atom is 0.413 e. The van der Waals surface area contributed by atoms with Crippen LogP contribution in [0.15, 0.2) is 47.1 Å². The number of hydrogen-bond acceptors (Lipinski definition) is 7. The Balaban J connectivity index is 1.99. The van der Waals surface area contributed by atoms with E-state index in [1.165, 1.54) is 13.4 Å². The number of anilines is 1. The fourth-order valence-electron chi connectivity index (χ4n) is 2.45. The molecule has 0 aliphatic heterocycles. The van der Waals surface area contributed by atoms with Gasteiger partial charge in [0.15, 0.2) is 10.9 Å². The normalized spacial score (nSPS) is 11.1. The number of furan rings is 1. The van der Waals surface area contributed by atoms with Crippen molar-refractivity contribution in [3.8, 4) is 17.2 Å². The number of methoxy groups -OCH3 is 1. The number of carbonyl (C=O) groups is 2. The number of ketones is 1. The topological polar surface area (TPSA) is 90.7 Å². The van der Waals surface area contributed by atoms with Crippen molar-refractivity contribution >= 4 is 28.3 Å². The molecule has 3 aromatic rings. The van der Waals surface area contributed by atoms with Crippen LogP contribution in [-0.4, -0.2) is 29.6 Å². The minimum Gasteiger partial charge on any atom is -0.496 e. The van der Waals surface area contributed by atoms with Crippen LogP contribution in [0.25, 0.3) is 11.5 Å². The van der Waals surface area contributed by atoms with E-state index < -0.39 is 11.7 Å². The summed E-state index contributed by atoms with van der Waals surface area (Å²) in [5.74, 6) is 0.596. The van der Waals surface area contributed by atoms with Gasteiger partial charge in [-0.15, -0.1) is 0 Å². The highest BCUT2D eigenvalue weighted by atomic mass is 32.1. The van der Waals surface area contributed by atoms with Gasteiger partial charge in [0.25, 0.3) is 0 Å². The van der Waals surface area contributed by atoms with E-state index in [0.717, 1.165) is 11.3 Å². The Hall–Kier alpha value is -3.13. The summed E-state index contributed by atoms with van der Waals surface area (Å²) in [7, 11) is 1.50. The average Bonchev–Trinajstić information content (AvgIpc) is 3.28. The van der Waals surface area contributed by atoms with Gasteiger partial charge in [0, 0.05) is 0 Å². The minimum atomic E-state index is -0.652. The van der Waals surface area contributed by atoms with Crippen LogP contribution < -0.4 is 10.1 Å². The van der Waals surface area contributed by atoms with Crippen LogP contribution in [0, 0.1) is 0 Å². The van der Waals surface area contributed by atoms with Gasteiger partial charge in [-0.2, -0.15) is 0 Å². The van der Waals surface area contributed by atoms with Gasteiger partial charge in [0.2, 0.25) is 5.78 Å². The first-order chi connectivity index (χ1) is 13.3. The monoisotopic (exact) mass is 400 g/mol. The van der Waals surface area contributed by atoms with Gasteiger partial charge in [0.1, 0.15) is 21.9 Å². The smallest absolute Gasteiger partial charge is 0.413 e. The summed E-state index contributed by atoms with van der Waals surface area (Å²) in [6.45, 7) is 5.29. The van der Waals surface area contributed by atoms with Gasteiger partial charge in [0.05, 0.1) is 18.9 Å². The minimum absolute atomic E-state index is 0.235. The third-order valence-corrected chi connectivity index (χ3v) is 4.52. The third kappa shape index (κ3) is 4.40. The third-order valence-electron chi connectivity index (χ3n) is 3.55. The number of ether oxygens (including phenoxy) is 2. The predicted molar refractivity (Wildman–Crippen MR) is 106 cm³/mol. The maximum atomic E-state index is 13.2. The van der Waals surface area contributed by atoms with E-state index in [2.05, 4.69) is 10.3 Å². The molecule has 0 aliphatic rings. The number of benzene rings is 1. The van der Waals surface area contributed by atoms with E-state index in [0.29, 0.717) is 27.6 Å². The van der Waals surface area contributed by atoms with Crippen LogP contribution in [0.3, 0.4) is 0 Å². The van der Waals surface area contributed by atoms with E-state index in [9.17, 15) is 9.59 Å². The molecule has 1 amide bonds. The summed E-state index contributed by atoms with van der Waals surface area (Å²) >= 11 is 1.05. The zero-order valence-corrected chi connectivity index (χ0v) is 16.8. The molecule has 3 rings (SSSR count). The van der Waals surface area contributed by atoms with E-state index >= 15 is 0 Å². The van der Waals surface area contributed by atoms with Gasteiger partial charge < -0.3 is 13.9 Å². The molecule has 0 fully saturated rings. The zero-order chi connectivity index (χ0) is 20.3. The second-order valence-corrected chi connectivity index (χ2v) is 7.83. The fourth-order valence-corrected chi connectivity index (χ4v) is 3.36. The van der Waals surface area contributed by atoms with Crippen LogP contribution >= 0.6 is 11.3 Å². The quantitative estimate of drug-likeness (QED) is 0.607. The molecule has 28 heavy (non-hydrogen) atoms. The second kappa shape index (κ2) is 7.85. The van der Waals surface area contributed by atoms with Crippen molar-refractivity contribution in [2.45, 2.75) is 26.4 Å². The Kier molecular flexibility index (Phi) is 5.51. The van der Waals surface area contributed by atoms with Gasteiger partial charge in [-0.3, -0.25) is 10.1 Å². The molecule has 0 saturated carbocycles. The number of thiazole rings is 1. The standard InChI is InChI=1S/C20H20N2O5S/c1-20(2,3)27-19(24)22-18-21-15(14-10-7-11-26-14)17(28-18)16(23)12-8-5-6-9-13(12)25-4/h5-11H,1-4H3,(H,21,22,24). The first-order valence-corrected chi connectivity index (χ1v) is 9.32. The number of hydrogen-bond donors (Lipinski definition) is 1. The lowest BCUT2D eigenvalue weighted by Gasteiger charge is -2.18. The van der Waals surface area contributed by atoms with Gasteiger partial charge in [-0.1, -0.05) is 23.5 Å². The number of aromatic nitrogens is 1. The summed E-state index contributed by atoms with van der Waals surface area (Å²) in [4.78, 5) is 30.0. The van der Waals surface area contributed by atoms with Gasteiger partial charge in [-0.25, -0.2) is 9.78 Å². The summed E-state index contributed by atoms with van der Waals surface area (Å²) in [6.07, 6.45) is 0.844. The van der Waals surface area contributed by atoms with Crippen molar-refractivity contribution in [3.05, 3.63) is 53.1 Å². The number of nitrogens with one attached hydrogen (secondary N) is 1. The molecule has 8 heteroatoms.